The first kappa shape index (κ1) is 10.2. The number of hydrogen-bond acceptors (Lipinski definition) is 2. The van der Waals surface area contributed by atoms with Crippen molar-refractivity contribution in [2.24, 2.45) is 0 Å². The van der Waals surface area contributed by atoms with E-state index in [1.165, 1.54) is 12.3 Å². The Morgan fingerprint density at radius 1 is 1.71 bits per heavy atom. The van der Waals surface area contributed by atoms with Gasteiger partial charge in [-0.1, -0.05) is 5.92 Å². The van der Waals surface area contributed by atoms with Crippen molar-refractivity contribution in [3.8, 4) is 11.8 Å². The third kappa shape index (κ3) is 2.56. The number of hydrogen-bond donors (Lipinski definition) is 1. The smallest absolute Gasteiger partial charge is 0.255 e. The molecule has 1 aromatic heterocycles. The Morgan fingerprint density at radius 2 is 2.50 bits per heavy atom. The Labute approximate surface area is 81.4 Å². The second-order valence-electron chi connectivity index (χ2n) is 2.46. The highest BCUT2D eigenvalue weighted by atomic mass is 19.1. The Hall–Kier alpha value is -1.89. The van der Waals surface area contributed by atoms with Crippen LogP contribution in [0.25, 0.3) is 0 Å². The molecule has 0 fully saturated rings. The molecule has 4 heteroatoms. The molecule has 0 aliphatic rings. The number of amides is 1. The van der Waals surface area contributed by atoms with Gasteiger partial charge in [0.05, 0.1) is 18.3 Å². The first-order chi connectivity index (χ1) is 6.75. The van der Waals surface area contributed by atoms with Gasteiger partial charge >= 0.3 is 0 Å². The molecule has 72 valence electrons. The van der Waals surface area contributed by atoms with E-state index in [1.54, 1.807) is 6.92 Å². The minimum atomic E-state index is -0.630. The van der Waals surface area contributed by atoms with E-state index in [-0.39, 0.29) is 12.1 Å². The van der Waals surface area contributed by atoms with E-state index in [9.17, 15) is 9.18 Å². The topological polar surface area (TPSA) is 42.0 Å². The van der Waals surface area contributed by atoms with Crippen molar-refractivity contribution < 1.29 is 9.18 Å². The molecular formula is C10H9FN2O. The number of aromatic nitrogens is 1. The number of pyridine rings is 1. The van der Waals surface area contributed by atoms with Crippen molar-refractivity contribution in [2.45, 2.75) is 6.92 Å². The first-order valence-corrected chi connectivity index (χ1v) is 4.03. The molecule has 0 aromatic carbocycles. The van der Waals surface area contributed by atoms with Crippen molar-refractivity contribution in [2.75, 3.05) is 6.54 Å². The van der Waals surface area contributed by atoms with Crippen molar-refractivity contribution in [3.63, 3.8) is 0 Å². The van der Waals surface area contributed by atoms with E-state index >= 15 is 0 Å². The molecule has 1 amide bonds. The molecule has 1 rings (SSSR count). The van der Waals surface area contributed by atoms with Crippen LogP contribution in [-0.4, -0.2) is 17.4 Å². The predicted molar refractivity (Wildman–Crippen MR) is 50.0 cm³/mol. The number of nitrogens with one attached hydrogen (secondary N) is 1. The molecule has 1 N–H and O–H groups in total. The minimum Gasteiger partial charge on any atom is -0.341 e. The van der Waals surface area contributed by atoms with Gasteiger partial charge in [0.2, 0.25) is 0 Å². The lowest BCUT2D eigenvalue weighted by Gasteiger charge is -2.01. The number of carbonyl (C=O) groups excluding carboxylic acids is 1. The van der Waals surface area contributed by atoms with Crippen LogP contribution >= 0.6 is 0 Å². The van der Waals surface area contributed by atoms with E-state index in [0.29, 0.717) is 0 Å². The van der Waals surface area contributed by atoms with Crippen LogP contribution in [0.3, 0.4) is 0 Å². The zero-order chi connectivity index (χ0) is 10.4. The normalized spacial score (nSPS) is 8.71. The molecule has 0 saturated carbocycles. The van der Waals surface area contributed by atoms with Gasteiger partial charge in [-0.25, -0.2) is 4.39 Å². The van der Waals surface area contributed by atoms with Gasteiger partial charge in [-0.15, -0.1) is 5.92 Å². The molecule has 1 aromatic rings. The molecular weight excluding hydrogens is 183 g/mol. The van der Waals surface area contributed by atoms with Crippen LogP contribution in [-0.2, 0) is 0 Å². The quantitative estimate of drug-likeness (QED) is 0.709. The molecule has 0 atom stereocenters. The van der Waals surface area contributed by atoms with Crippen LogP contribution in [0.2, 0.25) is 0 Å². The van der Waals surface area contributed by atoms with Gasteiger partial charge in [-0.3, -0.25) is 9.78 Å². The third-order valence-electron chi connectivity index (χ3n) is 1.53. The summed E-state index contributed by atoms with van der Waals surface area (Å²) in [4.78, 5) is 14.8. The van der Waals surface area contributed by atoms with Crippen molar-refractivity contribution in [1.29, 1.82) is 0 Å². The third-order valence-corrected chi connectivity index (χ3v) is 1.53. The summed E-state index contributed by atoms with van der Waals surface area (Å²) in [5.41, 5.74) is -0.0158. The molecule has 0 saturated heterocycles. The summed E-state index contributed by atoms with van der Waals surface area (Å²) in [5, 5.41) is 2.46. The van der Waals surface area contributed by atoms with Crippen molar-refractivity contribution in [1.82, 2.24) is 10.3 Å². The predicted octanol–water partition coefficient (Wildman–Crippen LogP) is 0.974. The molecule has 0 aliphatic carbocycles. The molecule has 0 unspecified atom stereocenters. The van der Waals surface area contributed by atoms with Crippen LogP contribution in [0.5, 0.6) is 0 Å². The van der Waals surface area contributed by atoms with E-state index in [2.05, 4.69) is 22.1 Å². The summed E-state index contributed by atoms with van der Waals surface area (Å²) >= 11 is 0. The van der Waals surface area contributed by atoms with Gasteiger partial charge in [-0.05, 0) is 13.0 Å². The summed E-state index contributed by atoms with van der Waals surface area (Å²) in [7, 11) is 0. The maximum atomic E-state index is 13.0. The highest BCUT2D eigenvalue weighted by molar-refractivity contribution is 5.94. The maximum Gasteiger partial charge on any atom is 0.255 e. The summed E-state index contributed by atoms with van der Waals surface area (Å²) in [6, 6.07) is 1.32. The second-order valence-corrected chi connectivity index (χ2v) is 2.46. The molecule has 0 radical (unpaired) electrons. The van der Waals surface area contributed by atoms with Crippen LogP contribution in [0, 0.1) is 17.7 Å². The fraction of sp³-hybridized carbons (Fsp3) is 0.200. The fourth-order valence-electron chi connectivity index (χ4n) is 0.867. The van der Waals surface area contributed by atoms with Crippen molar-refractivity contribution >= 4 is 5.91 Å². The fourth-order valence-corrected chi connectivity index (χ4v) is 0.867. The van der Waals surface area contributed by atoms with Crippen molar-refractivity contribution in [3.05, 3.63) is 29.8 Å². The Bertz CT molecular complexity index is 393. The summed E-state index contributed by atoms with van der Waals surface area (Å²) in [5.74, 6) is 4.16. The largest absolute Gasteiger partial charge is 0.341 e. The minimum absolute atomic E-state index is 0.0158. The average Bonchev–Trinajstić information content (AvgIpc) is 2.18. The van der Waals surface area contributed by atoms with Gasteiger partial charge in [0.15, 0.2) is 5.82 Å². The van der Waals surface area contributed by atoms with Gasteiger partial charge in [-0.2, -0.15) is 0 Å². The first-order valence-electron chi connectivity index (χ1n) is 4.03. The van der Waals surface area contributed by atoms with Crippen LogP contribution in [0.1, 0.15) is 17.3 Å². The summed E-state index contributed by atoms with van der Waals surface area (Å²) < 4.78 is 13.0. The molecule has 0 spiro atoms. The number of carbonyl (C=O) groups is 1. The molecule has 14 heavy (non-hydrogen) atoms. The Kier molecular flexibility index (Phi) is 3.62. The lowest BCUT2D eigenvalue weighted by molar-refractivity contribution is 0.0954. The van der Waals surface area contributed by atoms with E-state index in [0.717, 1.165) is 6.20 Å². The molecule has 3 nitrogen and oxygen atoms in total. The van der Waals surface area contributed by atoms with E-state index in [1.807, 2.05) is 0 Å². The van der Waals surface area contributed by atoms with E-state index in [4.69, 9.17) is 0 Å². The number of rotatable bonds is 2. The highest BCUT2D eigenvalue weighted by Crippen LogP contribution is 2.03. The Balaban J connectivity index is 2.68. The zero-order valence-corrected chi connectivity index (χ0v) is 7.67. The van der Waals surface area contributed by atoms with Gasteiger partial charge < -0.3 is 5.32 Å². The van der Waals surface area contributed by atoms with Gasteiger partial charge in [0.25, 0.3) is 5.91 Å². The maximum absolute atomic E-state index is 13.0. The molecule has 0 bridgehead atoms. The molecule has 0 aliphatic heterocycles. The Morgan fingerprint density at radius 3 is 3.14 bits per heavy atom. The SMILES string of the molecule is CC#CCNC(=O)c1ccncc1F. The average molecular weight is 192 g/mol. The monoisotopic (exact) mass is 192 g/mol. The van der Waals surface area contributed by atoms with Crippen LogP contribution < -0.4 is 5.32 Å². The number of nitrogens with zero attached hydrogens (tertiary/aromatic N) is 1. The van der Waals surface area contributed by atoms with Gasteiger partial charge in [0, 0.05) is 6.20 Å². The summed E-state index contributed by atoms with van der Waals surface area (Å²) in [6.07, 6.45) is 2.36. The molecule has 1 heterocycles. The van der Waals surface area contributed by atoms with E-state index < -0.39 is 11.7 Å². The van der Waals surface area contributed by atoms with Crippen LogP contribution in [0.15, 0.2) is 18.5 Å². The zero-order valence-electron chi connectivity index (χ0n) is 7.67. The lowest BCUT2D eigenvalue weighted by atomic mass is 10.2. The second kappa shape index (κ2) is 4.97. The van der Waals surface area contributed by atoms with Gasteiger partial charge in [0.1, 0.15) is 0 Å². The standard InChI is InChI=1S/C10H9FN2O/c1-2-3-5-13-10(14)8-4-6-12-7-9(8)11/h4,6-7H,5H2,1H3,(H,13,14). The lowest BCUT2D eigenvalue weighted by Crippen LogP contribution is -2.24. The number of halogens is 1. The highest BCUT2D eigenvalue weighted by Gasteiger charge is 2.09. The van der Waals surface area contributed by atoms with Crippen LogP contribution in [0.4, 0.5) is 4.39 Å². The summed E-state index contributed by atoms with van der Waals surface area (Å²) in [6.45, 7) is 1.89.